The number of hydrogen-bond donors (Lipinski definition) is 5. The molecular weight excluding hydrogens is 502 g/mol. The van der Waals surface area contributed by atoms with Crippen LogP contribution < -0.4 is 5.32 Å². The standard InChI is InChI=1S/C30H53NO8/c1-6-7-8-9-10-14-29(2,3)15-11-16-30(4,5)25(20-12-17-31-18-13-20)24(28(38)39)23(27(36)37)21(26(34)35)19-22(32)33/h20-21,23-25,31H,6-19H2,1-5H3,(H,32,33)(H,34,35)(H,36,37)(H,38,39). The lowest BCUT2D eigenvalue weighted by atomic mass is 9.57. The van der Waals surface area contributed by atoms with E-state index < -0.39 is 59.4 Å². The molecule has 5 N–H and O–H groups in total. The van der Waals surface area contributed by atoms with Gasteiger partial charge in [0.05, 0.1) is 24.2 Å². The fourth-order valence-electron chi connectivity index (χ4n) is 6.80. The van der Waals surface area contributed by atoms with E-state index in [2.05, 4.69) is 26.1 Å². The summed E-state index contributed by atoms with van der Waals surface area (Å²) < 4.78 is 0. The molecule has 0 spiro atoms. The molecule has 0 amide bonds. The van der Waals surface area contributed by atoms with Crippen molar-refractivity contribution in [1.82, 2.24) is 5.32 Å². The first-order chi connectivity index (χ1) is 18.1. The van der Waals surface area contributed by atoms with Crippen molar-refractivity contribution in [3.8, 4) is 0 Å². The Labute approximate surface area is 234 Å². The van der Waals surface area contributed by atoms with E-state index in [0.717, 1.165) is 19.3 Å². The van der Waals surface area contributed by atoms with Gasteiger partial charge in [-0.1, -0.05) is 73.1 Å². The average Bonchev–Trinajstić information content (AvgIpc) is 2.82. The van der Waals surface area contributed by atoms with E-state index >= 15 is 0 Å². The van der Waals surface area contributed by atoms with Crippen LogP contribution in [0, 0.1) is 40.4 Å². The Morgan fingerprint density at radius 3 is 1.77 bits per heavy atom. The minimum atomic E-state index is -1.85. The molecule has 0 saturated carbocycles. The van der Waals surface area contributed by atoms with Crippen LogP contribution in [0.1, 0.15) is 112 Å². The molecule has 4 atom stereocenters. The van der Waals surface area contributed by atoms with E-state index in [1.165, 1.54) is 32.1 Å². The zero-order chi connectivity index (χ0) is 29.8. The molecule has 39 heavy (non-hydrogen) atoms. The minimum Gasteiger partial charge on any atom is -0.481 e. The number of hydrogen-bond acceptors (Lipinski definition) is 5. The molecular formula is C30H53NO8. The fraction of sp³-hybridized carbons (Fsp3) is 0.867. The van der Waals surface area contributed by atoms with Gasteiger partial charge >= 0.3 is 23.9 Å². The predicted molar refractivity (Wildman–Crippen MR) is 150 cm³/mol. The fourth-order valence-corrected chi connectivity index (χ4v) is 6.80. The van der Waals surface area contributed by atoms with E-state index in [0.29, 0.717) is 32.4 Å². The highest BCUT2D eigenvalue weighted by Crippen LogP contribution is 2.49. The molecule has 0 aromatic rings. The van der Waals surface area contributed by atoms with Gasteiger partial charge in [0.15, 0.2) is 0 Å². The van der Waals surface area contributed by atoms with Gasteiger partial charge in [-0.3, -0.25) is 19.2 Å². The molecule has 0 bridgehead atoms. The number of aliphatic carboxylic acids is 4. The van der Waals surface area contributed by atoms with Crippen LogP contribution in [0.4, 0.5) is 0 Å². The largest absolute Gasteiger partial charge is 0.481 e. The van der Waals surface area contributed by atoms with Crippen LogP contribution in [0.15, 0.2) is 0 Å². The Bertz CT molecular complexity index is 803. The van der Waals surface area contributed by atoms with Gasteiger partial charge in [-0.2, -0.15) is 0 Å². The summed E-state index contributed by atoms with van der Waals surface area (Å²) in [5, 5.41) is 42.9. The first-order valence-corrected chi connectivity index (χ1v) is 14.8. The molecule has 9 nitrogen and oxygen atoms in total. The molecule has 1 rings (SSSR count). The summed E-state index contributed by atoms with van der Waals surface area (Å²) in [6.45, 7) is 12.0. The molecule has 1 heterocycles. The third-order valence-electron chi connectivity index (χ3n) is 8.92. The molecule has 0 aromatic carbocycles. The summed E-state index contributed by atoms with van der Waals surface area (Å²) in [6, 6.07) is 0. The van der Waals surface area contributed by atoms with Crippen molar-refractivity contribution in [2.75, 3.05) is 13.1 Å². The maximum atomic E-state index is 12.8. The highest BCUT2D eigenvalue weighted by molar-refractivity contribution is 5.87. The predicted octanol–water partition coefficient (Wildman–Crippen LogP) is 5.76. The van der Waals surface area contributed by atoms with Crippen molar-refractivity contribution in [1.29, 1.82) is 0 Å². The van der Waals surface area contributed by atoms with E-state index in [-0.39, 0.29) is 11.3 Å². The van der Waals surface area contributed by atoms with Crippen molar-refractivity contribution >= 4 is 23.9 Å². The van der Waals surface area contributed by atoms with Crippen LogP contribution in [0.2, 0.25) is 0 Å². The second-order valence-electron chi connectivity index (χ2n) is 13.1. The van der Waals surface area contributed by atoms with E-state index in [4.69, 9.17) is 0 Å². The van der Waals surface area contributed by atoms with Gasteiger partial charge in [0.25, 0.3) is 0 Å². The van der Waals surface area contributed by atoms with Gasteiger partial charge < -0.3 is 25.7 Å². The van der Waals surface area contributed by atoms with Gasteiger partial charge in [-0.25, -0.2) is 0 Å². The Balaban J connectivity index is 3.26. The van der Waals surface area contributed by atoms with Gasteiger partial charge in [0.1, 0.15) is 0 Å². The van der Waals surface area contributed by atoms with Crippen molar-refractivity contribution < 1.29 is 39.6 Å². The molecule has 4 unspecified atom stereocenters. The van der Waals surface area contributed by atoms with E-state index in [9.17, 15) is 39.6 Å². The number of carbonyl (C=O) groups is 4. The highest BCUT2D eigenvalue weighted by atomic mass is 16.4. The lowest BCUT2D eigenvalue weighted by molar-refractivity contribution is -0.170. The summed E-state index contributed by atoms with van der Waals surface area (Å²) in [5.41, 5.74) is -0.458. The maximum Gasteiger partial charge on any atom is 0.308 e. The van der Waals surface area contributed by atoms with Gasteiger partial charge in [-0.05, 0) is 67.9 Å². The normalized spacial score (nSPS) is 18.2. The monoisotopic (exact) mass is 555 g/mol. The lowest BCUT2D eigenvalue weighted by Gasteiger charge is -2.47. The summed E-state index contributed by atoms with van der Waals surface area (Å²) in [5.74, 6) is -12.0. The summed E-state index contributed by atoms with van der Waals surface area (Å²) in [6.07, 6.45) is 10.1. The Kier molecular flexibility index (Phi) is 14.5. The molecule has 1 aliphatic rings. The average molecular weight is 556 g/mol. The first kappa shape index (κ1) is 34.9. The third kappa shape index (κ3) is 11.5. The number of unbranched alkanes of at least 4 members (excludes halogenated alkanes) is 4. The molecule has 0 aliphatic carbocycles. The second kappa shape index (κ2) is 16.2. The number of nitrogens with one attached hydrogen (secondary N) is 1. The van der Waals surface area contributed by atoms with E-state index in [1.54, 1.807) is 0 Å². The molecule has 226 valence electrons. The quantitative estimate of drug-likeness (QED) is 0.118. The number of rotatable bonds is 20. The van der Waals surface area contributed by atoms with Crippen LogP contribution in [-0.2, 0) is 19.2 Å². The number of carboxylic acids is 4. The van der Waals surface area contributed by atoms with Gasteiger partial charge in [-0.15, -0.1) is 0 Å². The minimum absolute atomic E-state index is 0.116. The topological polar surface area (TPSA) is 161 Å². The van der Waals surface area contributed by atoms with Gasteiger partial charge in [0, 0.05) is 0 Å². The van der Waals surface area contributed by atoms with Crippen LogP contribution >= 0.6 is 0 Å². The zero-order valence-electron chi connectivity index (χ0n) is 24.7. The first-order valence-electron chi connectivity index (χ1n) is 14.8. The van der Waals surface area contributed by atoms with Crippen molar-refractivity contribution in [3.63, 3.8) is 0 Å². The number of carboxylic acid groups (broad SMARTS) is 4. The van der Waals surface area contributed by atoms with Crippen molar-refractivity contribution in [2.24, 2.45) is 40.4 Å². The van der Waals surface area contributed by atoms with Crippen molar-refractivity contribution in [3.05, 3.63) is 0 Å². The molecule has 1 aliphatic heterocycles. The summed E-state index contributed by atoms with van der Waals surface area (Å²) in [4.78, 5) is 48.8. The Morgan fingerprint density at radius 2 is 1.28 bits per heavy atom. The van der Waals surface area contributed by atoms with Crippen LogP contribution in [0.3, 0.4) is 0 Å². The highest BCUT2D eigenvalue weighted by Gasteiger charge is 2.53. The van der Waals surface area contributed by atoms with Crippen molar-refractivity contribution in [2.45, 2.75) is 112 Å². The molecule has 1 saturated heterocycles. The molecule has 0 aromatic heterocycles. The maximum absolute atomic E-state index is 12.8. The molecule has 9 heteroatoms. The van der Waals surface area contributed by atoms with Crippen LogP contribution in [0.5, 0.6) is 0 Å². The van der Waals surface area contributed by atoms with Gasteiger partial charge in [0.2, 0.25) is 0 Å². The molecule has 0 radical (unpaired) electrons. The number of piperidine rings is 1. The smallest absolute Gasteiger partial charge is 0.308 e. The Hall–Kier alpha value is -2.16. The molecule has 1 fully saturated rings. The zero-order valence-corrected chi connectivity index (χ0v) is 24.7. The SMILES string of the molecule is CCCCCCCC(C)(C)CCCC(C)(C)C(C1CCNCC1)C(C(=O)O)C(C(=O)O)C(CC(=O)O)C(=O)O. The summed E-state index contributed by atoms with van der Waals surface area (Å²) in [7, 11) is 0. The van der Waals surface area contributed by atoms with E-state index in [1.807, 2.05) is 13.8 Å². The second-order valence-corrected chi connectivity index (χ2v) is 13.1. The summed E-state index contributed by atoms with van der Waals surface area (Å²) >= 11 is 0. The van der Waals surface area contributed by atoms with Crippen LogP contribution in [0.25, 0.3) is 0 Å². The lowest BCUT2D eigenvalue weighted by Crippen LogP contribution is -2.50. The Morgan fingerprint density at radius 1 is 0.744 bits per heavy atom. The van der Waals surface area contributed by atoms with Crippen LogP contribution in [-0.4, -0.2) is 57.4 Å². The third-order valence-corrected chi connectivity index (χ3v) is 8.92.